The van der Waals surface area contributed by atoms with Crippen LogP contribution in [0.4, 0.5) is 10.2 Å². The van der Waals surface area contributed by atoms with E-state index in [1.54, 1.807) is 36.4 Å². The summed E-state index contributed by atoms with van der Waals surface area (Å²) in [6, 6.07) is 11.0. The Morgan fingerprint density at radius 2 is 1.96 bits per heavy atom. The molecule has 24 heavy (non-hydrogen) atoms. The van der Waals surface area contributed by atoms with Crippen LogP contribution >= 0.6 is 15.9 Å². The van der Waals surface area contributed by atoms with E-state index in [0.717, 1.165) is 17.3 Å². The molecule has 0 saturated carbocycles. The van der Waals surface area contributed by atoms with Gasteiger partial charge in [0.1, 0.15) is 5.82 Å². The van der Waals surface area contributed by atoms with Gasteiger partial charge in [-0.05, 0) is 49.2 Å². The molecule has 1 aromatic heterocycles. The fraction of sp³-hybridized carbons (Fsp3) is 0.312. The zero-order chi connectivity index (χ0) is 17.2. The fourth-order valence-electron chi connectivity index (χ4n) is 2.73. The minimum atomic E-state index is -3.53. The lowest BCUT2D eigenvalue weighted by atomic mass is 10.1. The minimum Gasteiger partial charge on any atom is -0.366 e. The van der Waals surface area contributed by atoms with Crippen molar-refractivity contribution in [3.63, 3.8) is 0 Å². The Morgan fingerprint density at radius 1 is 1.21 bits per heavy atom. The molecule has 0 spiro atoms. The largest absolute Gasteiger partial charge is 0.366 e. The second kappa shape index (κ2) is 7.16. The van der Waals surface area contributed by atoms with Gasteiger partial charge in [-0.15, -0.1) is 0 Å². The van der Waals surface area contributed by atoms with E-state index in [-0.39, 0.29) is 10.9 Å². The molecule has 2 heterocycles. The Kier molecular flexibility index (Phi) is 5.17. The number of benzene rings is 1. The second-order valence-corrected chi connectivity index (χ2v) is 8.50. The molecule has 3 rings (SSSR count). The van der Waals surface area contributed by atoms with Crippen LogP contribution in [-0.2, 0) is 10.0 Å². The lowest BCUT2D eigenvalue weighted by Gasteiger charge is -2.32. The number of sulfonamides is 1. The van der Waals surface area contributed by atoms with Crippen molar-refractivity contribution in [2.75, 3.05) is 18.4 Å². The van der Waals surface area contributed by atoms with Crippen LogP contribution in [0.3, 0.4) is 0 Å². The van der Waals surface area contributed by atoms with Crippen molar-refractivity contribution in [2.45, 2.75) is 23.8 Å². The van der Waals surface area contributed by atoms with Gasteiger partial charge in [-0.1, -0.05) is 22.0 Å². The van der Waals surface area contributed by atoms with E-state index < -0.39 is 16.0 Å². The Labute approximate surface area is 149 Å². The van der Waals surface area contributed by atoms with Crippen molar-refractivity contribution in [1.82, 2.24) is 9.29 Å². The highest BCUT2D eigenvalue weighted by Crippen LogP contribution is 2.23. The van der Waals surface area contributed by atoms with Gasteiger partial charge >= 0.3 is 0 Å². The maximum atomic E-state index is 13.2. The van der Waals surface area contributed by atoms with E-state index >= 15 is 0 Å². The molecule has 1 N–H and O–H groups in total. The van der Waals surface area contributed by atoms with E-state index in [0.29, 0.717) is 18.9 Å². The van der Waals surface area contributed by atoms with Gasteiger partial charge in [-0.2, -0.15) is 8.70 Å². The highest BCUT2D eigenvalue weighted by Gasteiger charge is 2.30. The molecule has 0 amide bonds. The van der Waals surface area contributed by atoms with Crippen molar-refractivity contribution in [2.24, 2.45) is 0 Å². The molecule has 1 aliphatic rings. The number of halogens is 2. The number of aromatic nitrogens is 1. The first-order chi connectivity index (χ1) is 11.4. The van der Waals surface area contributed by atoms with Gasteiger partial charge in [0, 0.05) is 23.6 Å². The second-order valence-electron chi connectivity index (χ2n) is 5.65. The zero-order valence-electron chi connectivity index (χ0n) is 12.8. The summed E-state index contributed by atoms with van der Waals surface area (Å²) in [5, 5.41) is 3.12. The summed E-state index contributed by atoms with van der Waals surface area (Å²) >= 11 is 3.30. The third kappa shape index (κ3) is 3.93. The standard InChI is InChI=1S/C16H17BrFN3O2S/c17-12-6-8-14(9-7-12)24(22,23)21-10-2-3-13(11-21)19-16-5-1-4-15(18)20-16/h1,4-9,13H,2-3,10-11H2,(H,19,20). The van der Waals surface area contributed by atoms with Gasteiger partial charge in [0.15, 0.2) is 0 Å². The van der Waals surface area contributed by atoms with Crippen LogP contribution in [-0.4, -0.2) is 36.8 Å². The maximum absolute atomic E-state index is 13.2. The Balaban J connectivity index is 1.74. The molecule has 2 aromatic rings. The fourth-order valence-corrected chi connectivity index (χ4v) is 4.52. The molecule has 1 unspecified atom stereocenters. The summed E-state index contributed by atoms with van der Waals surface area (Å²) in [4.78, 5) is 4.04. The van der Waals surface area contributed by atoms with Crippen molar-refractivity contribution in [3.05, 3.63) is 52.9 Å². The lowest BCUT2D eigenvalue weighted by Crippen LogP contribution is -2.45. The molecule has 1 fully saturated rings. The molecule has 0 bridgehead atoms. The summed E-state index contributed by atoms with van der Waals surface area (Å²) in [6.45, 7) is 0.809. The maximum Gasteiger partial charge on any atom is 0.243 e. The molecule has 1 aromatic carbocycles. The molecule has 5 nitrogen and oxygen atoms in total. The molecule has 128 valence electrons. The smallest absolute Gasteiger partial charge is 0.243 e. The first kappa shape index (κ1) is 17.3. The summed E-state index contributed by atoms with van der Waals surface area (Å²) in [6.07, 6.45) is 1.55. The normalized spacial score (nSPS) is 19.2. The van der Waals surface area contributed by atoms with E-state index in [1.807, 2.05) is 0 Å². The van der Waals surface area contributed by atoms with Gasteiger partial charge in [0.05, 0.1) is 4.90 Å². The van der Waals surface area contributed by atoms with Crippen molar-refractivity contribution < 1.29 is 12.8 Å². The van der Waals surface area contributed by atoms with Crippen molar-refractivity contribution >= 4 is 31.8 Å². The number of anilines is 1. The van der Waals surface area contributed by atoms with Gasteiger partial charge in [0.2, 0.25) is 16.0 Å². The minimum absolute atomic E-state index is 0.0988. The molecule has 0 aliphatic carbocycles. The topological polar surface area (TPSA) is 62.3 Å². The number of hydrogen-bond acceptors (Lipinski definition) is 4. The molecular formula is C16H17BrFN3O2S. The Morgan fingerprint density at radius 3 is 2.67 bits per heavy atom. The van der Waals surface area contributed by atoms with Gasteiger partial charge < -0.3 is 5.32 Å². The molecule has 0 radical (unpaired) electrons. The van der Waals surface area contributed by atoms with E-state index in [4.69, 9.17) is 0 Å². The predicted octanol–water partition coefficient (Wildman–Crippen LogP) is 3.25. The molecule has 1 atom stereocenters. The number of hydrogen-bond donors (Lipinski definition) is 1. The van der Waals surface area contributed by atoms with E-state index in [9.17, 15) is 12.8 Å². The first-order valence-corrected chi connectivity index (χ1v) is 9.83. The van der Waals surface area contributed by atoms with Crippen LogP contribution in [0, 0.1) is 5.95 Å². The summed E-state index contributed by atoms with van der Waals surface area (Å²) < 4.78 is 41.0. The zero-order valence-corrected chi connectivity index (χ0v) is 15.2. The average molecular weight is 414 g/mol. The van der Waals surface area contributed by atoms with Gasteiger partial charge in [-0.3, -0.25) is 0 Å². The van der Waals surface area contributed by atoms with Gasteiger partial charge in [0.25, 0.3) is 0 Å². The predicted molar refractivity (Wildman–Crippen MR) is 93.7 cm³/mol. The number of nitrogens with zero attached hydrogens (tertiary/aromatic N) is 2. The third-order valence-corrected chi connectivity index (χ3v) is 6.31. The van der Waals surface area contributed by atoms with Crippen LogP contribution in [0.5, 0.6) is 0 Å². The van der Waals surface area contributed by atoms with Crippen LogP contribution in [0.25, 0.3) is 0 Å². The van der Waals surface area contributed by atoms with E-state index in [1.165, 1.54) is 10.4 Å². The van der Waals surface area contributed by atoms with Crippen LogP contribution < -0.4 is 5.32 Å². The van der Waals surface area contributed by atoms with Crippen molar-refractivity contribution in [3.8, 4) is 0 Å². The molecule has 8 heteroatoms. The lowest BCUT2D eigenvalue weighted by molar-refractivity contribution is 0.326. The van der Waals surface area contributed by atoms with Crippen LogP contribution in [0.15, 0.2) is 51.8 Å². The Bertz CT molecular complexity index is 814. The number of pyridine rings is 1. The number of piperidine rings is 1. The van der Waals surface area contributed by atoms with Crippen LogP contribution in [0.2, 0.25) is 0 Å². The summed E-state index contributed by atoms with van der Waals surface area (Å²) in [7, 11) is -3.53. The number of rotatable bonds is 4. The average Bonchev–Trinajstić information content (AvgIpc) is 2.55. The highest BCUT2D eigenvalue weighted by atomic mass is 79.9. The SMILES string of the molecule is O=S(=O)(c1ccc(Br)cc1)N1CCCC(Nc2cccc(F)n2)C1. The van der Waals surface area contributed by atoms with Gasteiger partial charge in [-0.25, -0.2) is 13.4 Å². The third-order valence-electron chi connectivity index (χ3n) is 3.90. The molecule has 1 aliphatic heterocycles. The quantitative estimate of drug-likeness (QED) is 0.781. The van der Waals surface area contributed by atoms with Crippen LogP contribution in [0.1, 0.15) is 12.8 Å². The van der Waals surface area contributed by atoms with E-state index in [2.05, 4.69) is 26.2 Å². The summed E-state index contributed by atoms with van der Waals surface area (Å²) in [5.41, 5.74) is 0. The number of nitrogens with one attached hydrogen (secondary N) is 1. The highest BCUT2D eigenvalue weighted by molar-refractivity contribution is 9.10. The Hall–Kier alpha value is -1.51. The van der Waals surface area contributed by atoms with Crippen molar-refractivity contribution in [1.29, 1.82) is 0 Å². The monoisotopic (exact) mass is 413 g/mol. The molecular weight excluding hydrogens is 397 g/mol. The molecule has 1 saturated heterocycles. The summed E-state index contributed by atoms with van der Waals surface area (Å²) in [5.74, 6) is -0.141. The first-order valence-electron chi connectivity index (χ1n) is 7.60.